The normalized spacial score (nSPS) is 12.5. The smallest absolute Gasteiger partial charge is 0.264 e. The fraction of sp³-hybridized carbons (Fsp3) is 0.355. The van der Waals surface area contributed by atoms with Crippen molar-refractivity contribution in [3.63, 3.8) is 0 Å². The topological polar surface area (TPSA) is 86.8 Å². The second kappa shape index (κ2) is 12.9. The summed E-state index contributed by atoms with van der Waals surface area (Å²) in [5, 5.41) is 2.95. The van der Waals surface area contributed by atoms with Gasteiger partial charge < -0.3 is 10.2 Å². The molecule has 0 aromatic heterocycles. The minimum Gasteiger partial charge on any atom is -0.350 e. The Morgan fingerprint density at radius 2 is 1.52 bits per heavy atom. The number of carbonyl (C=O) groups is 2. The van der Waals surface area contributed by atoms with E-state index < -0.39 is 34.1 Å². The van der Waals surface area contributed by atoms with Gasteiger partial charge >= 0.3 is 0 Å². The van der Waals surface area contributed by atoms with E-state index in [0.717, 1.165) is 25.9 Å². The van der Waals surface area contributed by atoms with Crippen LogP contribution in [-0.2, 0) is 26.2 Å². The van der Waals surface area contributed by atoms with E-state index in [4.69, 9.17) is 0 Å². The molecule has 1 N–H and O–H groups in total. The van der Waals surface area contributed by atoms with Crippen LogP contribution in [0.2, 0.25) is 0 Å². The Morgan fingerprint density at radius 3 is 2.08 bits per heavy atom. The number of sulfonamides is 1. The fourth-order valence-corrected chi connectivity index (χ4v) is 5.96. The molecule has 0 saturated heterocycles. The van der Waals surface area contributed by atoms with Crippen LogP contribution in [0.5, 0.6) is 0 Å². The molecular weight excluding hydrogens is 542 g/mol. The third kappa shape index (κ3) is 7.88. The summed E-state index contributed by atoms with van der Waals surface area (Å²) in [6.07, 6.45) is 1.92. The summed E-state index contributed by atoms with van der Waals surface area (Å²) in [6, 6.07) is 20.4. The predicted octanol–water partition coefficient (Wildman–Crippen LogP) is 5.55. The van der Waals surface area contributed by atoms with Crippen LogP contribution in [0.1, 0.15) is 44.4 Å². The van der Waals surface area contributed by atoms with Gasteiger partial charge in [0.2, 0.25) is 11.8 Å². The molecule has 9 heteroatoms. The number of rotatable bonds is 10. The van der Waals surface area contributed by atoms with E-state index >= 15 is 0 Å². The van der Waals surface area contributed by atoms with Crippen molar-refractivity contribution >= 4 is 39.3 Å². The fourth-order valence-electron chi connectivity index (χ4n) is 4.14. The maximum atomic E-state index is 14.0. The van der Waals surface area contributed by atoms with E-state index in [1.54, 1.807) is 43.3 Å². The summed E-state index contributed by atoms with van der Waals surface area (Å²) in [7, 11) is -4.10. The first-order chi connectivity index (χ1) is 18.7. The molecule has 3 aromatic carbocycles. The number of hydrogen-bond donors (Lipinski definition) is 1. The molecule has 0 fully saturated rings. The summed E-state index contributed by atoms with van der Waals surface area (Å²) in [4.78, 5) is 29.7. The van der Waals surface area contributed by atoms with Gasteiger partial charge in [0.1, 0.15) is 12.6 Å². The summed E-state index contributed by atoms with van der Waals surface area (Å²) >= 11 is 1.51. The van der Waals surface area contributed by atoms with Gasteiger partial charge in [-0.25, -0.2) is 8.42 Å². The van der Waals surface area contributed by atoms with Gasteiger partial charge in [-0.3, -0.25) is 13.9 Å². The molecule has 214 valence electrons. The molecule has 40 heavy (non-hydrogen) atoms. The predicted molar refractivity (Wildman–Crippen MR) is 163 cm³/mol. The molecule has 0 bridgehead atoms. The first-order valence-electron chi connectivity index (χ1n) is 13.1. The molecule has 0 aliphatic heterocycles. The van der Waals surface area contributed by atoms with Crippen LogP contribution in [0.3, 0.4) is 0 Å². The van der Waals surface area contributed by atoms with Crippen LogP contribution in [0.25, 0.3) is 0 Å². The third-order valence-electron chi connectivity index (χ3n) is 6.52. The van der Waals surface area contributed by atoms with Crippen molar-refractivity contribution in [2.24, 2.45) is 0 Å². The first kappa shape index (κ1) is 31.2. The van der Waals surface area contributed by atoms with Crippen molar-refractivity contribution in [1.82, 2.24) is 10.2 Å². The minimum atomic E-state index is -4.10. The molecule has 0 aliphatic carbocycles. The van der Waals surface area contributed by atoms with Gasteiger partial charge in [-0.15, -0.1) is 11.8 Å². The summed E-state index contributed by atoms with van der Waals surface area (Å²) in [5.41, 5.74) is 2.69. The van der Waals surface area contributed by atoms with Crippen LogP contribution in [-0.4, -0.2) is 49.5 Å². The van der Waals surface area contributed by atoms with Gasteiger partial charge in [0.25, 0.3) is 10.0 Å². The minimum absolute atomic E-state index is 0.0858. The quantitative estimate of drug-likeness (QED) is 0.317. The monoisotopic (exact) mass is 581 g/mol. The SMILES string of the molecule is CSc1ccc(S(=O)(=O)N(CC(=O)N(Cc2ccccc2C)[C@H](C)C(=O)NC(C)(C)C)c2ccc(C)cc2)cc1. The highest BCUT2D eigenvalue weighted by molar-refractivity contribution is 7.98. The highest BCUT2D eigenvalue weighted by atomic mass is 32.2. The number of thioether (sulfide) groups is 1. The van der Waals surface area contributed by atoms with Gasteiger partial charge in [-0.05, 0) is 95.3 Å². The number of nitrogens with zero attached hydrogens (tertiary/aromatic N) is 2. The lowest BCUT2D eigenvalue weighted by molar-refractivity contribution is -0.140. The Kier molecular flexibility index (Phi) is 10.1. The molecular formula is C31H39N3O4S2. The molecule has 7 nitrogen and oxygen atoms in total. The molecule has 0 heterocycles. The lowest BCUT2D eigenvalue weighted by Crippen LogP contribution is -2.54. The zero-order valence-corrected chi connectivity index (χ0v) is 25.9. The van der Waals surface area contributed by atoms with Gasteiger partial charge in [0.15, 0.2) is 0 Å². The Bertz CT molecular complexity index is 1430. The Labute approximate surface area is 243 Å². The van der Waals surface area contributed by atoms with Crippen molar-refractivity contribution in [3.05, 3.63) is 89.5 Å². The number of anilines is 1. The van der Waals surface area contributed by atoms with E-state index in [2.05, 4.69) is 5.32 Å². The van der Waals surface area contributed by atoms with Gasteiger partial charge in [0.05, 0.1) is 10.6 Å². The Hall–Kier alpha value is -3.30. The number of benzene rings is 3. The largest absolute Gasteiger partial charge is 0.350 e. The Balaban J connectivity index is 2.04. The second-order valence-corrected chi connectivity index (χ2v) is 13.6. The van der Waals surface area contributed by atoms with Crippen molar-refractivity contribution in [3.8, 4) is 0 Å². The summed E-state index contributed by atoms with van der Waals surface area (Å²) < 4.78 is 29.0. The first-order valence-corrected chi connectivity index (χ1v) is 15.8. The van der Waals surface area contributed by atoms with E-state index in [1.807, 2.05) is 77.3 Å². The molecule has 0 radical (unpaired) electrons. The molecule has 0 unspecified atom stereocenters. The van der Waals surface area contributed by atoms with Crippen LogP contribution in [0, 0.1) is 13.8 Å². The van der Waals surface area contributed by atoms with Crippen LogP contribution >= 0.6 is 11.8 Å². The summed E-state index contributed by atoms with van der Waals surface area (Å²) in [5.74, 6) is -0.795. The van der Waals surface area contributed by atoms with Crippen LogP contribution in [0.15, 0.2) is 82.6 Å². The number of aryl methyl sites for hydroxylation is 2. The summed E-state index contributed by atoms with van der Waals surface area (Å²) in [6.45, 7) is 10.8. The van der Waals surface area contributed by atoms with Crippen molar-refractivity contribution in [2.45, 2.75) is 69.5 Å². The molecule has 2 amide bonds. The van der Waals surface area contributed by atoms with Crippen LogP contribution < -0.4 is 9.62 Å². The van der Waals surface area contributed by atoms with Gasteiger partial charge in [-0.1, -0.05) is 42.0 Å². The molecule has 0 aliphatic rings. The van der Waals surface area contributed by atoms with E-state index in [-0.39, 0.29) is 17.3 Å². The van der Waals surface area contributed by atoms with Crippen molar-refractivity contribution in [2.75, 3.05) is 17.1 Å². The highest BCUT2D eigenvalue weighted by Gasteiger charge is 2.33. The van der Waals surface area contributed by atoms with Crippen molar-refractivity contribution in [1.29, 1.82) is 0 Å². The molecule has 3 rings (SSSR count). The third-order valence-corrected chi connectivity index (χ3v) is 9.05. The van der Waals surface area contributed by atoms with Gasteiger partial charge in [0, 0.05) is 17.0 Å². The molecule has 0 spiro atoms. The zero-order valence-electron chi connectivity index (χ0n) is 24.3. The Morgan fingerprint density at radius 1 is 0.925 bits per heavy atom. The lowest BCUT2D eigenvalue weighted by Gasteiger charge is -2.33. The highest BCUT2D eigenvalue weighted by Crippen LogP contribution is 2.27. The number of amides is 2. The molecule has 0 saturated carbocycles. The number of hydrogen-bond acceptors (Lipinski definition) is 5. The van der Waals surface area contributed by atoms with Gasteiger partial charge in [-0.2, -0.15) is 0 Å². The maximum Gasteiger partial charge on any atom is 0.264 e. The van der Waals surface area contributed by atoms with Crippen molar-refractivity contribution < 1.29 is 18.0 Å². The van der Waals surface area contributed by atoms with E-state index in [1.165, 1.54) is 16.7 Å². The molecule has 1 atom stereocenters. The number of nitrogens with one attached hydrogen (secondary N) is 1. The average molecular weight is 582 g/mol. The van der Waals surface area contributed by atoms with E-state index in [9.17, 15) is 18.0 Å². The standard InChI is InChI=1S/C31H39N3O4S2/c1-22-12-14-26(15-13-22)34(40(37,38)28-18-16-27(39-7)17-19-28)21-29(35)33(20-25-11-9-8-10-23(25)2)24(3)30(36)32-31(4,5)6/h8-19,24H,20-21H2,1-7H3,(H,32,36)/t24-/m1/s1. The van der Waals surface area contributed by atoms with Crippen LogP contribution in [0.4, 0.5) is 5.69 Å². The maximum absolute atomic E-state index is 14.0. The zero-order chi connectivity index (χ0) is 29.7. The molecule has 3 aromatic rings. The average Bonchev–Trinajstić information content (AvgIpc) is 2.90. The number of carbonyl (C=O) groups excluding carboxylic acids is 2. The van der Waals surface area contributed by atoms with E-state index in [0.29, 0.717) is 5.69 Å². The lowest BCUT2D eigenvalue weighted by atomic mass is 10.1. The second-order valence-electron chi connectivity index (χ2n) is 10.9.